The molecule has 0 unspecified atom stereocenters. The highest BCUT2D eigenvalue weighted by molar-refractivity contribution is 6.05. The van der Waals surface area contributed by atoms with E-state index in [2.05, 4.69) is 5.32 Å². The highest BCUT2D eigenvalue weighted by Crippen LogP contribution is 2.18. The van der Waals surface area contributed by atoms with Gasteiger partial charge >= 0.3 is 0 Å². The number of nitrogens with one attached hydrogen (secondary N) is 1. The first-order chi connectivity index (χ1) is 13.5. The lowest BCUT2D eigenvalue weighted by atomic mass is 9.98. The number of likely N-dealkylation sites (tertiary alicyclic amines) is 1. The molecule has 0 spiro atoms. The minimum atomic E-state index is -0.350. The number of aryl methyl sites for hydroxylation is 2. The van der Waals surface area contributed by atoms with E-state index in [1.807, 2.05) is 19.9 Å². The number of hydrogen-bond donors (Lipinski definition) is 1. The predicted octanol–water partition coefficient (Wildman–Crippen LogP) is 3.10. The van der Waals surface area contributed by atoms with Crippen molar-refractivity contribution in [2.45, 2.75) is 26.7 Å². The van der Waals surface area contributed by atoms with E-state index in [-0.39, 0.29) is 23.4 Å². The molecule has 1 aromatic heterocycles. The van der Waals surface area contributed by atoms with E-state index in [4.69, 9.17) is 4.42 Å². The molecule has 1 aliphatic rings. The maximum Gasteiger partial charge on any atom is 0.270 e. The number of aldehydes is 1. The van der Waals surface area contributed by atoms with Gasteiger partial charge in [-0.1, -0.05) is 6.07 Å². The molecule has 2 heterocycles. The van der Waals surface area contributed by atoms with E-state index in [1.165, 1.54) is 12.3 Å². The maximum absolute atomic E-state index is 13.0. The summed E-state index contributed by atoms with van der Waals surface area (Å²) in [4.78, 5) is 38.4. The summed E-state index contributed by atoms with van der Waals surface area (Å²) in [5.74, 6) is -0.159. The van der Waals surface area contributed by atoms with Crippen molar-refractivity contribution < 1.29 is 18.8 Å². The number of carbonyl (C=O) groups is 3. The van der Waals surface area contributed by atoms with Crippen molar-refractivity contribution in [2.75, 3.05) is 13.1 Å². The first-order valence-electron chi connectivity index (χ1n) is 9.36. The van der Waals surface area contributed by atoms with Crippen LogP contribution < -0.4 is 5.32 Å². The molecule has 146 valence electrons. The highest BCUT2D eigenvalue weighted by Gasteiger charge is 2.26. The molecule has 1 aliphatic heterocycles. The zero-order valence-electron chi connectivity index (χ0n) is 16.1. The topological polar surface area (TPSA) is 79.6 Å². The van der Waals surface area contributed by atoms with Gasteiger partial charge in [-0.05, 0) is 62.1 Å². The second kappa shape index (κ2) is 8.69. The first kappa shape index (κ1) is 19.6. The molecule has 0 saturated carbocycles. The Morgan fingerprint density at radius 1 is 1.14 bits per heavy atom. The zero-order chi connectivity index (χ0) is 20.1. The summed E-state index contributed by atoms with van der Waals surface area (Å²) in [5, 5.41) is 2.74. The van der Waals surface area contributed by atoms with Crippen molar-refractivity contribution in [1.82, 2.24) is 10.2 Å². The molecule has 0 atom stereocenters. The molecule has 0 radical (unpaired) electrons. The van der Waals surface area contributed by atoms with Gasteiger partial charge in [0.2, 0.25) is 0 Å². The Hall–Kier alpha value is -3.15. The van der Waals surface area contributed by atoms with Gasteiger partial charge in [0.25, 0.3) is 11.8 Å². The van der Waals surface area contributed by atoms with Gasteiger partial charge in [-0.3, -0.25) is 9.59 Å². The Balaban J connectivity index is 1.81. The summed E-state index contributed by atoms with van der Waals surface area (Å²) < 4.78 is 5.31. The zero-order valence-corrected chi connectivity index (χ0v) is 16.1. The number of rotatable bonds is 5. The minimum absolute atomic E-state index is 0.00771. The molecule has 6 nitrogen and oxygen atoms in total. The van der Waals surface area contributed by atoms with E-state index in [0.29, 0.717) is 37.3 Å². The van der Waals surface area contributed by atoms with Crippen LogP contribution in [-0.4, -0.2) is 36.1 Å². The fraction of sp³-hybridized carbons (Fsp3) is 0.318. The highest BCUT2D eigenvalue weighted by atomic mass is 16.3. The second-order valence-corrected chi connectivity index (χ2v) is 7.09. The van der Waals surface area contributed by atoms with E-state index in [0.717, 1.165) is 17.4 Å². The molecule has 0 bridgehead atoms. The summed E-state index contributed by atoms with van der Waals surface area (Å²) in [6, 6.07) is 8.85. The van der Waals surface area contributed by atoms with Gasteiger partial charge in [0.1, 0.15) is 17.7 Å². The Morgan fingerprint density at radius 3 is 2.50 bits per heavy atom. The number of nitrogens with zero attached hydrogens (tertiary/aromatic N) is 1. The average molecular weight is 380 g/mol. The van der Waals surface area contributed by atoms with Crippen LogP contribution in [0.4, 0.5) is 0 Å². The Kier molecular flexibility index (Phi) is 6.09. The standard InChI is InChI=1S/C22H24N2O4/c1-15-5-6-18(12-16(15)2)21(26)23-20(13-19-4-3-11-28-19)22(27)24-9-7-17(14-25)8-10-24/h3-6,11-14,17H,7-10H2,1-2H3,(H,23,26)/b20-13-. The van der Waals surface area contributed by atoms with Crippen molar-refractivity contribution in [2.24, 2.45) is 5.92 Å². The van der Waals surface area contributed by atoms with E-state index >= 15 is 0 Å². The lowest BCUT2D eigenvalue weighted by Gasteiger charge is -2.30. The fourth-order valence-electron chi connectivity index (χ4n) is 3.15. The molecule has 1 N–H and O–H groups in total. The minimum Gasteiger partial charge on any atom is -0.465 e. The molecular formula is C22H24N2O4. The first-order valence-corrected chi connectivity index (χ1v) is 9.36. The Labute approximate surface area is 164 Å². The summed E-state index contributed by atoms with van der Waals surface area (Å²) >= 11 is 0. The van der Waals surface area contributed by atoms with E-state index in [1.54, 1.807) is 29.2 Å². The Morgan fingerprint density at radius 2 is 1.89 bits per heavy atom. The van der Waals surface area contributed by atoms with Crippen LogP contribution in [0.1, 0.15) is 40.1 Å². The van der Waals surface area contributed by atoms with Crippen LogP contribution in [0.15, 0.2) is 46.7 Å². The quantitative estimate of drug-likeness (QED) is 0.638. The van der Waals surface area contributed by atoms with E-state index < -0.39 is 0 Å². The van der Waals surface area contributed by atoms with Gasteiger partial charge in [0.05, 0.1) is 6.26 Å². The van der Waals surface area contributed by atoms with Gasteiger partial charge in [-0.25, -0.2) is 0 Å². The summed E-state index contributed by atoms with van der Waals surface area (Å²) in [6.07, 6.45) is 5.26. The SMILES string of the molecule is Cc1ccc(C(=O)N/C(=C\c2ccco2)C(=O)N2CCC(C=O)CC2)cc1C. The van der Waals surface area contributed by atoms with Crippen molar-refractivity contribution >= 4 is 24.2 Å². The summed E-state index contributed by atoms with van der Waals surface area (Å²) in [5.41, 5.74) is 2.74. The fourth-order valence-corrected chi connectivity index (χ4v) is 3.15. The van der Waals surface area contributed by atoms with Crippen LogP contribution in [0.25, 0.3) is 6.08 Å². The van der Waals surface area contributed by atoms with Crippen molar-refractivity contribution in [3.05, 3.63) is 64.7 Å². The molecule has 1 saturated heterocycles. The number of furan rings is 1. The van der Waals surface area contributed by atoms with Crippen LogP contribution in [0.3, 0.4) is 0 Å². The molecule has 28 heavy (non-hydrogen) atoms. The smallest absolute Gasteiger partial charge is 0.270 e. The molecule has 1 aromatic carbocycles. The number of hydrogen-bond acceptors (Lipinski definition) is 4. The lowest BCUT2D eigenvalue weighted by Crippen LogP contribution is -2.43. The largest absolute Gasteiger partial charge is 0.465 e. The van der Waals surface area contributed by atoms with Crippen molar-refractivity contribution in [3.63, 3.8) is 0 Å². The lowest BCUT2D eigenvalue weighted by molar-refractivity contribution is -0.129. The molecule has 1 fully saturated rings. The molecule has 2 aromatic rings. The molecular weight excluding hydrogens is 356 g/mol. The van der Waals surface area contributed by atoms with Gasteiger partial charge in [0.15, 0.2) is 0 Å². The third kappa shape index (κ3) is 4.57. The van der Waals surface area contributed by atoms with Gasteiger partial charge < -0.3 is 19.4 Å². The van der Waals surface area contributed by atoms with Crippen LogP contribution in [-0.2, 0) is 9.59 Å². The summed E-state index contributed by atoms with van der Waals surface area (Å²) in [6.45, 7) is 4.88. The molecule has 3 rings (SSSR count). The van der Waals surface area contributed by atoms with Crippen molar-refractivity contribution in [1.29, 1.82) is 0 Å². The molecule has 0 aliphatic carbocycles. The average Bonchev–Trinajstić information content (AvgIpc) is 3.22. The number of amides is 2. The van der Waals surface area contributed by atoms with Gasteiger partial charge in [-0.15, -0.1) is 0 Å². The van der Waals surface area contributed by atoms with E-state index in [9.17, 15) is 14.4 Å². The van der Waals surface area contributed by atoms with Crippen LogP contribution in [0, 0.1) is 19.8 Å². The molecule has 2 amide bonds. The third-order valence-corrected chi connectivity index (χ3v) is 5.10. The number of piperidine rings is 1. The monoisotopic (exact) mass is 380 g/mol. The normalized spacial score (nSPS) is 15.4. The second-order valence-electron chi connectivity index (χ2n) is 7.09. The third-order valence-electron chi connectivity index (χ3n) is 5.10. The summed E-state index contributed by atoms with van der Waals surface area (Å²) in [7, 11) is 0. The number of carbonyl (C=O) groups excluding carboxylic acids is 3. The van der Waals surface area contributed by atoms with Crippen LogP contribution in [0.5, 0.6) is 0 Å². The van der Waals surface area contributed by atoms with Gasteiger partial charge in [0, 0.05) is 30.6 Å². The predicted molar refractivity (Wildman–Crippen MR) is 105 cm³/mol. The maximum atomic E-state index is 13.0. The van der Waals surface area contributed by atoms with Crippen molar-refractivity contribution in [3.8, 4) is 0 Å². The number of benzene rings is 1. The van der Waals surface area contributed by atoms with Gasteiger partial charge in [-0.2, -0.15) is 0 Å². The Bertz CT molecular complexity index is 891. The molecule has 6 heteroatoms. The van der Waals surface area contributed by atoms with Crippen LogP contribution >= 0.6 is 0 Å². The van der Waals surface area contributed by atoms with Crippen LogP contribution in [0.2, 0.25) is 0 Å².